The second-order valence-corrected chi connectivity index (χ2v) is 8.26. The van der Waals surface area contributed by atoms with E-state index in [4.69, 9.17) is 0 Å². The molecule has 1 aromatic rings. The van der Waals surface area contributed by atoms with Gasteiger partial charge in [0, 0.05) is 44.6 Å². The zero-order valence-electron chi connectivity index (χ0n) is 13.6. The summed E-state index contributed by atoms with van der Waals surface area (Å²) in [7, 11) is -3.41. The van der Waals surface area contributed by atoms with Gasteiger partial charge in [-0.05, 0) is 37.7 Å². The molecule has 3 rings (SSSR count). The predicted octanol–water partition coefficient (Wildman–Crippen LogP) is 1.01. The SMILES string of the molecule is C[C@@H]1CCCN(S(=O)(=O)N[C@@H]2CCCN(c3ncccn3)C2)C1. The second kappa shape index (κ2) is 7.11. The van der Waals surface area contributed by atoms with E-state index in [2.05, 4.69) is 26.5 Å². The first-order chi connectivity index (χ1) is 11.0. The Labute approximate surface area is 138 Å². The number of hydrogen-bond acceptors (Lipinski definition) is 5. The second-order valence-electron chi connectivity index (χ2n) is 6.56. The highest BCUT2D eigenvalue weighted by Gasteiger charge is 2.31. The lowest BCUT2D eigenvalue weighted by Gasteiger charge is -2.35. The molecule has 0 aliphatic carbocycles. The van der Waals surface area contributed by atoms with Gasteiger partial charge in [0.1, 0.15) is 0 Å². The van der Waals surface area contributed by atoms with Gasteiger partial charge in [0.2, 0.25) is 5.95 Å². The van der Waals surface area contributed by atoms with E-state index in [1.807, 2.05) is 0 Å². The Morgan fingerprint density at radius 1 is 1.13 bits per heavy atom. The number of nitrogens with one attached hydrogen (secondary N) is 1. The lowest BCUT2D eigenvalue weighted by molar-refractivity contribution is 0.275. The summed E-state index contributed by atoms with van der Waals surface area (Å²) in [5.74, 6) is 1.10. The van der Waals surface area contributed by atoms with Gasteiger partial charge in [0.05, 0.1) is 0 Å². The summed E-state index contributed by atoms with van der Waals surface area (Å²) >= 11 is 0. The standard InChI is InChI=1S/C15H25N5O2S/c1-13-5-2-10-20(11-13)23(21,22)18-14-6-3-9-19(12-14)15-16-7-4-8-17-15/h4,7-8,13-14,18H,2-3,5-6,9-12H2,1H3/t13-,14-/m1/s1. The van der Waals surface area contributed by atoms with Gasteiger partial charge in [0.25, 0.3) is 10.2 Å². The van der Waals surface area contributed by atoms with Crippen molar-refractivity contribution < 1.29 is 8.42 Å². The van der Waals surface area contributed by atoms with Crippen molar-refractivity contribution >= 4 is 16.2 Å². The van der Waals surface area contributed by atoms with Crippen molar-refractivity contribution in [2.75, 3.05) is 31.1 Å². The molecule has 2 fully saturated rings. The first-order valence-electron chi connectivity index (χ1n) is 8.34. The summed E-state index contributed by atoms with van der Waals surface area (Å²) in [6, 6.07) is 1.69. The third-order valence-electron chi connectivity index (χ3n) is 4.53. The van der Waals surface area contributed by atoms with Gasteiger partial charge >= 0.3 is 0 Å². The third kappa shape index (κ3) is 4.19. The van der Waals surface area contributed by atoms with Crippen molar-refractivity contribution in [3.63, 3.8) is 0 Å². The van der Waals surface area contributed by atoms with Gasteiger partial charge in [-0.1, -0.05) is 6.92 Å². The van der Waals surface area contributed by atoms with Crippen LogP contribution in [0.1, 0.15) is 32.6 Å². The highest BCUT2D eigenvalue weighted by atomic mass is 32.2. The van der Waals surface area contributed by atoms with Gasteiger partial charge in [-0.15, -0.1) is 0 Å². The van der Waals surface area contributed by atoms with E-state index >= 15 is 0 Å². The number of anilines is 1. The summed E-state index contributed by atoms with van der Waals surface area (Å²) in [6.45, 7) is 4.83. The van der Waals surface area contributed by atoms with Crippen LogP contribution in [0.2, 0.25) is 0 Å². The molecular weight excluding hydrogens is 314 g/mol. The largest absolute Gasteiger partial charge is 0.339 e. The summed E-state index contributed by atoms with van der Waals surface area (Å²) < 4.78 is 29.7. The van der Waals surface area contributed by atoms with Crippen LogP contribution in [0.15, 0.2) is 18.5 Å². The van der Waals surface area contributed by atoms with Gasteiger partial charge in [-0.2, -0.15) is 17.4 Å². The molecule has 7 nitrogen and oxygen atoms in total. The highest BCUT2D eigenvalue weighted by Crippen LogP contribution is 2.20. The molecule has 0 radical (unpaired) electrons. The van der Waals surface area contributed by atoms with Crippen LogP contribution in [-0.2, 0) is 10.2 Å². The molecule has 1 N–H and O–H groups in total. The van der Waals surface area contributed by atoms with Crippen LogP contribution < -0.4 is 9.62 Å². The summed E-state index contributed by atoms with van der Waals surface area (Å²) in [5.41, 5.74) is 0. The molecule has 0 bridgehead atoms. The van der Waals surface area contributed by atoms with Crippen molar-refractivity contribution in [2.45, 2.75) is 38.6 Å². The van der Waals surface area contributed by atoms with Gasteiger partial charge in [-0.25, -0.2) is 9.97 Å². The first kappa shape index (κ1) is 16.6. The number of piperidine rings is 2. The Hall–Kier alpha value is -1.25. The summed E-state index contributed by atoms with van der Waals surface area (Å²) in [6.07, 6.45) is 7.26. The van der Waals surface area contributed by atoms with Crippen LogP contribution >= 0.6 is 0 Å². The smallest absolute Gasteiger partial charge is 0.279 e. The number of rotatable bonds is 4. The average Bonchev–Trinajstić information content (AvgIpc) is 2.55. The van der Waals surface area contributed by atoms with E-state index in [0.29, 0.717) is 31.5 Å². The molecule has 0 spiro atoms. The Morgan fingerprint density at radius 3 is 2.61 bits per heavy atom. The molecule has 8 heteroatoms. The van der Waals surface area contributed by atoms with Gasteiger partial charge in [0.15, 0.2) is 0 Å². The number of nitrogens with zero attached hydrogens (tertiary/aromatic N) is 4. The molecule has 23 heavy (non-hydrogen) atoms. The molecule has 3 heterocycles. The summed E-state index contributed by atoms with van der Waals surface area (Å²) in [5, 5.41) is 0. The fraction of sp³-hybridized carbons (Fsp3) is 0.733. The van der Waals surface area contributed by atoms with Crippen molar-refractivity contribution in [1.29, 1.82) is 0 Å². The van der Waals surface area contributed by atoms with Crippen LogP contribution in [0.5, 0.6) is 0 Å². The Bertz CT molecular complexity index is 610. The molecule has 2 atom stereocenters. The first-order valence-corrected chi connectivity index (χ1v) is 9.78. The minimum Gasteiger partial charge on any atom is -0.339 e. The maximum absolute atomic E-state index is 12.6. The Kier molecular flexibility index (Phi) is 5.13. The number of aromatic nitrogens is 2. The molecule has 2 aliphatic rings. The maximum atomic E-state index is 12.6. The fourth-order valence-corrected chi connectivity index (χ4v) is 4.94. The average molecular weight is 339 g/mol. The zero-order chi connectivity index (χ0) is 16.3. The quantitative estimate of drug-likeness (QED) is 0.886. The molecule has 0 saturated carbocycles. The van der Waals surface area contributed by atoms with Gasteiger partial charge in [-0.3, -0.25) is 0 Å². The van der Waals surface area contributed by atoms with Gasteiger partial charge < -0.3 is 4.90 Å². The topological polar surface area (TPSA) is 78.4 Å². The van der Waals surface area contributed by atoms with E-state index < -0.39 is 10.2 Å². The molecular formula is C15H25N5O2S. The third-order valence-corrected chi connectivity index (χ3v) is 6.17. The molecule has 0 unspecified atom stereocenters. The maximum Gasteiger partial charge on any atom is 0.279 e. The van der Waals surface area contributed by atoms with Crippen LogP contribution in [0.3, 0.4) is 0 Å². The molecule has 1 aromatic heterocycles. The van der Waals surface area contributed by atoms with E-state index in [9.17, 15) is 8.42 Å². The highest BCUT2D eigenvalue weighted by molar-refractivity contribution is 7.87. The fourth-order valence-electron chi connectivity index (χ4n) is 3.36. The molecule has 2 saturated heterocycles. The lowest BCUT2D eigenvalue weighted by Crippen LogP contribution is -2.53. The van der Waals surface area contributed by atoms with Crippen LogP contribution in [0.4, 0.5) is 5.95 Å². The van der Waals surface area contributed by atoms with Crippen LogP contribution in [0, 0.1) is 5.92 Å². The zero-order valence-corrected chi connectivity index (χ0v) is 14.4. The minimum absolute atomic E-state index is 0.0882. The van der Waals surface area contributed by atoms with Crippen molar-refractivity contribution in [3.05, 3.63) is 18.5 Å². The van der Waals surface area contributed by atoms with Crippen molar-refractivity contribution in [2.24, 2.45) is 5.92 Å². The van der Waals surface area contributed by atoms with Crippen molar-refractivity contribution in [3.8, 4) is 0 Å². The normalized spacial score (nSPS) is 27.1. The van der Waals surface area contributed by atoms with E-state index in [1.165, 1.54) is 0 Å². The van der Waals surface area contributed by atoms with E-state index in [1.54, 1.807) is 22.8 Å². The monoisotopic (exact) mass is 339 g/mol. The molecule has 2 aliphatic heterocycles. The Balaban J connectivity index is 1.63. The minimum atomic E-state index is -3.41. The van der Waals surface area contributed by atoms with Crippen LogP contribution in [-0.4, -0.2) is 54.9 Å². The van der Waals surface area contributed by atoms with E-state index in [-0.39, 0.29) is 6.04 Å². The molecule has 0 aromatic carbocycles. The lowest BCUT2D eigenvalue weighted by atomic mass is 10.0. The van der Waals surface area contributed by atoms with Crippen molar-refractivity contribution in [1.82, 2.24) is 19.0 Å². The Morgan fingerprint density at radius 2 is 1.87 bits per heavy atom. The van der Waals surface area contributed by atoms with E-state index in [0.717, 1.165) is 32.2 Å². The molecule has 128 valence electrons. The predicted molar refractivity (Wildman–Crippen MR) is 89.3 cm³/mol. The van der Waals surface area contributed by atoms with Crippen LogP contribution in [0.25, 0.3) is 0 Å². The number of hydrogen-bond donors (Lipinski definition) is 1. The summed E-state index contributed by atoms with van der Waals surface area (Å²) in [4.78, 5) is 10.6. The molecule has 0 amide bonds.